The summed E-state index contributed by atoms with van der Waals surface area (Å²) in [6.45, 7) is 8.49. The third-order valence-electron chi connectivity index (χ3n) is 5.87. The normalized spacial score (nSPS) is 15.1. The number of nitrogens with one attached hydrogen (secondary N) is 1. The van der Waals surface area contributed by atoms with E-state index in [1.165, 1.54) is 11.3 Å². The Morgan fingerprint density at radius 1 is 1.36 bits per heavy atom. The number of aromatic nitrogens is 1. The van der Waals surface area contributed by atoms with Gasteiger partial charge in [0.15, 0.2) is 0 Å². The predicted molar refractivity (Wildman–Crippen MR) is 133 cm³/mol. The summed E-state index contributed by atoms with van der Waals surface area (Å²) in [6, 6.07) is 7.67. The van der Waals surface area contributed by atoms with E-state index < -0.39 is 0 Å². The summed E-state index contributed by atoms with van der Waals surface area (Å²) in [6.07, 6.45) is 1.77. The van der Waals surface area contributed by atoms with Crippen LogP contribution in [-0.4, -0.2) is 61.8 Å². The fourth-order valence-electron chi connectivity index (χ4n) is 3.72. The molecule has 0 spiro atoms. The number of hydrogen-bond donors (Lipinski definition) is 1. The number of benzene rings is 1. The Kier molecular flexibility index (Phi) is 9.68. The topological polar surface area (TPSA) is 87.5 Å². The fraction of sp³-hybridized carbons (Fsp3) is 0.542. The van der Waals surface area contributed by atoms with Crippen LogP contribution in [0, 0.1) is 24.2 Å². The monoisotopic (exact) mass is 492 g/mol. The van der Waals surface area contributed by atoms with E-state index in [0.29, 0.717) is 59.2 Å². The van der Waals surface area contributed by atoms with Gasteiger partial charge in [-0.2, -0.15) is 5.26 Å². The number of halogens is 1. The highest BCUT2D eigenvalue weighted by molar-refractivity contribution is 7.17. The summed E-state index contributed by atoms with van der Waals surface area (Å²) in [5, 5.41) is 13.4. The second kappa shape index (κ2) is 11.8. The standard InChI is InChI=1S/C24H32N4O3S.ClH/c1-16(2)14-31-20-7-6-18(12-19(20)13-25)23-27-17(3)21(32-23)22(29)26-15-24(28(4)5)8-10-30-11-9-24;/h6-7,12,16H,8-11,14-15H2,1-5H3,(H,26,29);1H. The number of amides is 1. The van der Waals surface area contributed by atoms with Crippen LogP contribution in [0.25, 0.3) is 10.6 Å². The van der Waals surface area contributed by atoms with Crippen LogP contribution in [0.5, 0.6) is 5.75 Å². The molecular formula is C24H33ClN4O3S. The number of carbonyl (C=O) groups is 1. The molecule has 1 aliphatic rings. The van der Waals surface area contributed by atoms with Crippen molar-refractivity contribution < 1.29 is 14.3 Å². The van der Waals surface area contributed by atoms with E-state index in [-0.39, 0.29) is 23.9 Å². The van der Waals surface area contributed by atoms with Crippen molar-refractivity contribution in [2.45, 2.75) is 39.2 Å². The molecule has 0 aliphatic carbocycles. The van der Waals surface area contributed by atoms with Gasteiger partial charge in [0.05, 0.1) is 17.9 Å². The maximum Gasteiger partial charge on any atom is 0.263 e. The number of thiazole rings is 1. The van der Waals surface area contributed by atoms with Gasteiger partial charge in [0, 0.05) is 30.9 Å². The first kappa shape index (κ1) is 27.1. The summed E-state index contributed by atoms with van der Waals surface area (Å²) < 4.78 is 11.3. The molecule has 7 nitrogen and oxygen atoms in total. The average Bonchev–Trinajstić information content (AvgIpc) is 3.18. The maximum absolute atomic E-state index is 13.0. The molecular weight excluding hydrogens is 460 g/mol. The van der Waals surface area contributed by atoms with Gasteiger partial charge in [0.2, 0.25) is 0 Å². The van der Waals surface area contributed by atoms with Crippen LogP contribution in [-0.2, 0) is 4.74 Å². The molecule has 2 heterocycles. The van der Waals surface area contributed by atoms with Crippen LogP contribution < -0.4 is 10.1 Å². The Balaban J connectivity index is 0.00000385. The molecule has 1 amide bonds. The summed E-state index contributed by atoms with van der Waals surface area (Å²) in [4.78, 5) is 20.4. The molecule has 1 aromatic carbocycles. The first-order valence-corrected chi connectivity index (χ1v) is 11.8. The molecule has 3 rings (SSSR count). The molecule has 1 aromatic heterocycles. The van der Waals surface area contributed by atoms with Crippen LogP contribution >= 0.6 is 23.7 Å². The van der Waals surface area contributed by atoms with Gasteiger partial charge < -0.3 is 19.7 Å². The minimum atomic E-state index is -0.114. The molecule has 180 valence electrons. The summed E-state index contributed by atoms with van der Waals surface area (Å²) in [7, 11) is 4.10. The Hall–Kier alpha value is -2.18. The lowest BCUT2D eigenvalue weighted by atomic mass is 9.88. The van der Waals surface area contributed by atoms with E-state index >= 15 is 0 Å². The van der Waals surface area contributed by atoms with Crippen molar-refractivity contribution in [3.63, 3.8) is 0 Å². The number of nitrogens with zero attached hydrogens (tertiary/aromatic N) is 3. The van der Waals surface area contributed by atoms with E-state index in [0.717, 1.165) is 18.4 Å². The highest BCUT2D eigenvalue weighted by Gasteiger charge is 2.35. The minimum absolute atomic E-state index is 0. The van der Waals surface area contributed by atoms with Gasteiger partial charge in [-0.15, -0.1) is 23.7 Å². The van der Waals surface area contributed by atoms with E-state index in [4.69, 9.17) is 9.47 Å². The number of carbonyl (C=O) groups excluding carboxylic acids is 1. The largest absolute Gasteiger partial charge is 0.492 e. The Morgan fingerprint density at radius 3 is 2.67 bits per heavy atom. The molecule has 9 heteroatoms. The molecule has 33 heavy (non-hydrogen) atoms. The van der Waals surface area contributed by atoms with Gasteiger partial charge in [-0.1, -0.05) is 13.8 Å². The molecule has 0 radical (unpaired) electrons. The van der Waals surface area contributed by atoms with E-state index in [9.17, 15) is 10.1 Å². The molecule has 2 aromatic rings. The molecule has 0 unspecified atom stereocenters. The lowest BCUT2D eigenvalue weighted by Crippen LogP contribution is -2.55. The maximum atomic E-state index is 13.0. The minimum Gasteiger partial charge on any atom is -0.492 e. The second-order valence-electron chi connectivity index (χ2n) is 8.87. The lowest BCUT2D eigenvalue weighted by Gasteiger charge is -2.42. The SMILES string of the molecule is Cc1nc(-c2ccc(OCC(C)C)c(C#N)c2)sc1C(=O)NCC1(N(C)C)CCOCC1.Cl. The molecule has 1 N–H and O–H groups in total. The Labute approximate surface area is 206 Å². The zero-order chi connectivity index (χ0) is 23.3. The first-order valence-electron chi connectivity index (χ1n) is 10.9. The fourth-order valence-corrected chi connectivity index (χ4v) is 4.70. The predicted octanol–water partition coefficient (Wildman–Crippen LogP) is 4.29. The summed E-state index contributed by atoms with van der Waals surface area (Å²) >= 11 is 1.35. The third kappa shape index (κ3) is 6.45. The second-order valence-corrected chi connectivity index (χ2v) is 9.87. The number of hydrogen-bond acceptors (Lipinski definition) is 7. The van der Waals surface area contributed by atoms with Gasteiger partial charge in [0.25, 0.3) is 5.91 Å². The number of ether oxygens (including phenoxy) is 2. The van der Waals surface area contributed by atoms with E-state index in [2.05, 4.69) is 49.2 Å². The van der Waals surface area contributed by atoms with Gasteiger partial charge in [0.1, 0.15) is 21.7 Å². The molecule has 1 saturated heterocycles. The zero-order valence-electron chi connectivity index (χ0n) is 19.9. The van der Waals surface area contributed by atoms with Crippen LogP contribution in [0.1, 0.15) is 47.6 Å². The molecule has 1 fully saturated rings. The zero-order valence-corrected chi connectivity index (χ0v) is 21.6. The highest BCUT2D eigenvalue weighted by atomic mass is 35.5. The number of nitriles is 1. The molecule has 1 aliphatic heterocycles. The van der Waals surface area contributed by atoms with Crippen molar-refractivity contribution >= 4 is 29.7 Å². The van der Waals surface area contributed by atoms with Crippen LogP contribution in [0.15, 0.2) is 18.2 Å². The number of likely N-dealkylation sites (N-methyl/N-ethyl adjacent to an activating group) is 1. The Morgan fingerprint density at radius 2 is 2.06 bits per heavy atom. The average molecular weight is 493 g/mol. The van der Waals surface area contributed by atoms with E-state index in [1.54, 1.807) is 12.1 Å². The molecule has 0 bridgehead atoms. The highest BCUT2D eigenvalue weighted by Crippen LogP contribution is 2.32. The van der Waals surface area contributed by atoms with Crippen LogP contribution in [0.3, 0.4) is 0 Å². The van der Waals surface area contributed by atoms with Gasteiger partial charge in [-0.25, -0.2) is 4.98 Å². The smallest absolute Gasteiger partial charge is 0.263 e. The van der Waals surface area contributed by atoms with Gasteiger partial charge >= 0.3 is 0 Å². The Bertz CT molecular complexity index is 994. The van der Waals surface area contributed by atoms with Crippen molar-refractivity contribution in [3.8, 4) is 22.4 Å². The third-order valence-corrected chi connectivity index (χ3v) is 7.08. The number of aryl methyl sites for hydroxylation is 1. The summed E-state index contributed by atoms with van der Waals surface area (Å²) in [5.74, 6) is 0.828. The quantitative estimate of drug-likeness (QED) is 0.591. The van der Waals surface area contributed by atoms with Gasteiger partial charge in [-0.3, -0.25) is 4.79 Å². The molecule has 0 saturated carbocycles. The van der Waals surface area contributed by atoms with Crippen LogP contribution in [0.2, 0.25) is 0 Å². The van der Waals surface area contributed by atoms with Crippen molar-refractivity contribution in [2.24, 2.45) is 5.92 Å². The molecule has 0 atom stereocenters. The van der Waals surface area contributed by atoms with Crippen molar-refractivity contribution in [3.05, 3.63) is 34.3 Å². The lowest BCUT2D eigenvalue weighted by molar-refractivity contribution is -0.00656. The summed E-state index contributed by atoms with van der Waals surface area (Å²) in [5.41, 5.74) is 1.87. The van der Waals surface area contributed by atoms with Crippen LogP contribution in [0.4, 0.5) is 0 Å². The van der Waals surface area contributed by atoms with Crippen molar-refractivity contribution in [1.29, 1.82) is 5.26 Å². The van der Waals surface area contributed by atoms with E-state index in [1.807, 2.05) is 13.0 Å². The van der Waals surface area contributed by atoms with Gasteiger partial charge in [-0.05, 0) is 58.0 Å². The van der Waals surface area contributed by atoms with Crippen molar-refractivity contribution in [2.75, 3.05) is 40.5 Å². The first-order chi connectivity index (χ1) is 15.3. The van der Waals surface area contributed by atoms with Crippen molar-refractivity contribution in [1.82, 2.24) is 15.2 Å². The number of rotatable bonds is 8.